The third-order valence-corrected chi connectivity index (χ3v) is 4.16. The lowest BCUT2D eigenvalue weighted by Gasteiger charge is -2.14. The standard InChI is InChI=1S/C20H18F3N3O3/c1-13-10-11-25-26(13)16-6-2-15(3-7-16)19(28)24-12-18(27)14-4-8-17(9-5-14)29-20(21,22)23/h2-11,18,27H,12H2,1H3,(H,24,28). The molecular weight excluding hydrogens is 387 g/mol. The molecule has 0 bridgehead atoms. The molecular formula is C20H18F3N3O3. The summed E-state index contributed by atoms with van der Waals surface area (Å²) >= 11 is 0. The molecule has 0 fully saturated rings. The van der Waals surface area contributed by atoms with Gasteiger partial charge in [0.2, 0.25) is 0 Å². The number of rotatable bonds is 6. The van der Waals surface area contributed by atoms with Crippen molar-refractivity contribution in [1.29, 1.82) is 0 Å². The fourth-order valence-electron chi connectivity index (χ4n) is 2.69. The maximum absolute atomic E-state index is 12.3. The van der Waals surface area contributed by atoms with Crippen molar-refractivity contribution < 1.29 is 27.8 Å². The third-order valence-electron chi connectivity index (χ3n) is 4.16. The predicted octanol–water partition coefficient (Wildman–Crippen LogP) is 3.54. The number of aromatic nitrogens is 2. The Morgan fingerprint density at radius 1 is 1.14 bits per heavy atom. The van der Waals surface area contributed by atoms with Crippen molar-refractivity contribution in [3.63, 3.8) is 0 Å². The Morgan fingerprint density at radius 2 is 1.79 bits per heavy atom. The Balaban J connectivity index is 1.56. The van der Waals surface area contributed by atoms with E-state index >= 15 is 0 Å². The van der Waals surface area contributed by atoms with E-state index in [9.17, 15) is 23.1 Å². The second-order valence-corrected chi connectivity index (χ2v) is 6.27. The zero-order valence-corrected chi connectivity index (χ0v) is 15.3. The highest BCUT2D eigenvalue weighted by Gasteiger charge is 2.31. The lowest BCUT2D eigenvalue weighted by atomic mass is 10.1. The molecule has 0 aliphatic rings. The van der Waals surface area contributed by atoms with Crippen LogP contribution in [-0.4, -0.2) is 33.7 Å². The first-order valence-electron chi connectivity index (χ1n) is 8.66. The number of hydrogen-bond acceptors (Lipinski definition) is 4. The van der Waals surface area contributed by atoms with Crippen molar-refractivity contribution >= 4 is 5.91 Å². The topological polar surface area (TPSA) is 76.4 Å². The number of aliphatic hydroxyl groups excluding tert-OH is 1. The van der Waals surface area contributed by atoms with Crippen molar-refractivity contribution in [1.82, 2.24) is 15.1 Å². The molecule has 1 heterocycles. The number of nitrogens with one attached hydrogen (secondary N) is 1. The molecule has 0 radical (unpaired) electrons. The van der Waals surface area contributed by atoms with Gasteiger partial charge >= 0.3 is 6.36 Å². The van der Waals surface area contributed by atoms with Gasteiger partial charge in [0.05, 0.1) is 11.8 Å². The van der Waals surface area contributed by atoms with Crippen LogP contribution in [0.5, 0.6) is 5.75 Å². The van der Waals surface area contributed by atoms with Crippen LogP contribution in [0.15, 0.2) is 60.8 Å². The van der Waals surface area contributed by atoms with Gasteiger partial charge in [0, 0.05) is 24.0 Å². The normalized spacial score (nSPS) is 12.4. The van der Waals surface area contributed by atoms with Crippen LogP contribution in [0.25, 0.3) is 5.69 Å². The number of carbonyl (C=O) groups excluding carboxylic acids is 1. The molecule has 152 valence electrons. The summed E-state index contributed by atoms with van der Waals surface area (Å²) in [5, 5.41) is 16.9. The van der Waals surface area contributed by atoms with Crippen molar-refractivity contribution in [2.75, 3.05) is 6.54 Å². The molecule has 29 heavy (non-hydrogen) atoms. The smallest absolute Gasteiger partial charge is 0.406 e. The van der Waals surface area contributed by atoms with Crippen LogP contribution >= 0.6 is 0 Å². The van der Waals surface area contributed by atoms with Crippen molar-refractivity contribution in [2.24, 2.45) is 0 Å². The van der Waals surface area contributed by atoms with E-state index in [2.05, 4.69) is 15.2 Å². The van der Waals surface area contributed by atoms with Gasteiger partial charge in [0.25, 0.3) is 5.91 Å². The first-order chi connectivity index (χ1) is 13.7. The monoisotopic (exact) mass is 405 g/mol. The number of alkyl halides is 3. The molecule has 1 aromatic heterocycles. The molecule has 1 atom stereocenters. The summed E-state index contributed by atoms with van der Waals surface area (Å²) in [6.45, 7) is 1.81. The number of carbonyl (C=O) groups is 1. The summed E-state index contributed by atoms with van der Waals surface area (Å²) in [5.74, 6) is -0.769. The van der Waals surface area contributed by atoms with Gasteiger partial charge in [0.15, 0.2) is 0 Å². The Labute approximate surface area is 164 Å². The highest BCUT2D eigenvalue weighted by Crippen LogP contribution is 2.24. The molecule has 1 unspecified atom stereocenters. The minimum absolute atomic E-state index is 0.0989. The maximum Gasteiger partial charge on any atom is 0.573 e. The molecule has 0 aliphatic heterocycles. The number of aryl methyl sites for hydroxylation is 1. The van der Waals surface area contributed by atoms with Crippen LogP contribution in [-0.2, 0) is 0 Å². The van der Waals surface area contributed by atoms with Crippen molar-refractivity contribution in [3.8, 4) is 11.4 Å². The SMILES string of the molecule is Cc1ccnn1-c1ccc(C(=O)NCC(O)c2ccc(OC(F)(F)F)cc2)cc1. The molecule has 3 aromatic rings. The van der Waals surface area contributed by atoms with Crippen LogP contribution in [0.4, 0.5) is 13.2 Å². The third kappa shape index (κ3) is 5.35. The Bertz CT molecular complexity index is 967. The molecule has 0 aliphatic carbocycles. The number of halogens is 3. The van der Waals surface area contributed by atoms with E-state index in [1.54, 1.807) is 35.1 Å². The Morgan fingerprint density at radius 3 is 2.34 bits per heavy atom. The van der Waals surface area contributed by atoms with E-state index in [1.165, 1.54) is 12.1 Å². The zero-order chi connectivity index (χ0) is 21.0. The summed E-state index contributed by atoms with van der Waals surface area (Å²) in [6.07, 6.45) is -4.18. The highest BCUT2D eigenvalue weighted by atomic mass is 19.4. The summed E-state index contributed by atoms with van der Waals surface area (Å²) < 4.78 is 42.0. The fourth-order valence-corrected chi connectivity index (χ4v) is 2.69. The predicted molar refractivity (Wildman–Crippen MR) is 98.7 cm³/mol. The Kier molecular flexibility index (Phi) is 5.88. The number of aliphatic hydroxyl groups is 1. The van der Waals surface area contributed by atoms with Crippen LogP contribution < -0.4 is 10.1 Å². The van der Waals surface area contributed by atoms with Gasteiger partial charge < -0.3 is 15.2 Å². The largest absolute Gasteiger partial charge is 0.573 e. The molecule has 3 rings (SSSR count). The first-order valence-corrected chi connectivity index (χ1v) is 8.66. The van der Waals surface area contributed by atoms with Crippen LogP contribution in [0, 0.1) is 6.92 Å². The lowest BCUT2D eigenvalue weighted by Crippen LogP contribution is -2.28. The van der Waals surface area contributed by atoms with Gasteiger partial charge in [-0.1, -0.05) is 12.1 Å². The summed E-state index contributed by atoms with van der Waals surface area (Å²) in [4.78, 5) is 12.3. The van der Waals surface area contributed by atoms with Gasteiger partial charge in [-0.05, 0) is 55.0 Å². The highest BCUT2D eigenvalue weighted by molar-refractivity contribution is 5.94. The average molecular weight is 405 g/mol. The first kappa shape index (κ1) is 20.4. The number of hydrogen-bond donors (Lipinski definition) is 2. The van der Waals surface area contributed by atoms with Gasteiger partial charge in [-0.3, -0.25) is 4.79 Å². The molecule has 0 saturated heterocycles. The van der Waals surface area contributed by atoms with Crippen molar-refractivity contribution in [3.05, 3.63) is 77.6 Å². The molecule has 9 heteroatoms. The molecule has 0 spiro atoms. The second kappa shape index (κ2) is 8.36. The number of ether oxygens (including phenoxy) is 1. The number of amides is 1. The van der Waals surface area contributed by atoms with Gasteiger partial charge in [-0.25, -0.2) is 4.68 Å². The number of benzene rings is 2. The molecule has 6 nitrogen and oxygen atoms in total. The van der Waals surface area contributed by atoms with Crippen LogP contribution in [0.1, 0.15) is 27.7 Å². The van der Waals surface area contributed by atoms with Gasteiger partial charge in [0.1, 0.15) is 5.75 Å². The summed E-state index contributed by atoms with van der Waals surface area (Å²) in [5.41, 5.74) is 2.52. The van der Waals surface area contributed by atoms with E-state index in [0.717, 1.165) is 23.5 Å². The maximum atomic E-state index is 12.3. The van der Waals surface area contributed by atoms with Gasteiger partial charge in [-0.2, -0.15) is 5.10 Å². The van der Waals surface area contributed by atoms with Crippen molar-refractivity contribution in [2.45, 2.75) is 19.4 Å². The molecule has 1 amide bonds. The molecule has 2 N–H and O–H groups in total. The molecule has 2 aromatic carbocycles. The summed E-state index contributed by atoms with van der Waals surface area (Å²) in [6, 6.07) is 13.5. The van der Waals surface area contributed by atoms with E-state index < -0.39 is 12.5 Å². The second-order valence-electron chi connectivity index (χ2n) is 6.27. The minimum Gasteiger partial charge on any atom is -0.406 e. The quantitative estimate of drug-likeness (QED) is 0.658. The van der Waals surface area contributed by atoms with E-state index in [-0.39, 0.29) is 18.2 Å². The number of nitrogens with zero attached hydrogens (tertiary/aromatic N) is 2. The van der Waals surface area contributed by atoms with Crippen LogP contribution in [0.2, 0.25) is 0 Å². The van der Waals surface area contributed by atoms with E-state index in [0.29, 0.717) is 11.1 Å². The zero-order valence-electron chi connectivity index (χ0n) is 15.3. The lowest BCUT2D eigenvalue weighted by molar-refractivity contribution is -0.274. The average Bonchev–Trinajstić information content (AvgIpc) is 3.11. The molecule has 0 saturated carbocycles. The summed E-state index contributed by atoms with van der Waals surface area (Å²) in [7, 11) is 0. The van der Waals surface area contributed by atoms with E-state index in [4.69, 9.17) is 0 Å². The van der Waals surface area contributed by atoms with E-state index in [1.807, 2.05) is 13.0 Å². The Hall–Kier alpha value is -3.33. The minimum atomic E-state index is -4.78. The van der Waals surface area contributed by atoms with Gasteiger partial charge in [-0.15, -0.1) is 13.2 Å². The fraction of sp³-hybridized carbons (Fsp3) is 0.200. The van der Waals surface area contributed by atoms with Crippen LogP contribution in [0.3, 0.4) is 0 Å².